The molecule has 0 unspecified atom stereocenters. The zero-order valence-corrected chi connectivity index (χ0v) is 16.6. The third kappa shape index (κ3) is 4.82. The Bertz CT molecular complexity index is 844. The monoisotopic (exact) mass is 381 g/mol. The molecule has 0 bridgehead atoms. The Balaban J connectivity index is 1.62. The molecular formula is C22H27N3O3. The Labute approximate surface area is 165 Å². The number of nitrogens with zero attached hydrogens (tertiary/aromatic N) is 1. The number of carbonyl (C=O) groups excluding carboxylic acids is 2. The number of amides is 2. The highest BCUT2D eigenvalue weighted by Gasteiger charge is 2.31. The predicted octanol–water partition coefficient (Wildman–Crippen LogP) is 3.19. The van der Waals surface area contributed by atoms with E-state index in [-0.39, 0.29) is 18.4 Å². The number of ether oxygens (including phenoxy) is 1. The van der Waals surface area contributed by atoms with Crippen LogP contribution in [0.1, 0.15) is 26.3 Å². The SMILES string of the molecule is CC(C)(C)C(=O)N1CCOc2ccc(NCC(=O)NCc3ccccc3)cc21. The molecule has 1 heterocycles. The van der Waals surface area contributed by atoms with Crippen molar-refractivity contribution in [2.75, 3.05) is 29.9 Å². The molecule has 1 aliphatic heterocycles. The predicted molar refractivity (Wildman–Crippen MR) is 111 cm³/mol. The summed E-state index contributed by atoms with van der Waals surface area (Å²) in [6.45, 7) is 7.36. The fraction of sp³-hybridized carbons (Fsp3) is 0.364. The van der Waals surface area contributed by atoms with E-state index in [9.17, 15) is 9.59 Å². The maximum absolute atomic E-state index is 12.8. The highest BCUT2D eigenvalue weighted by Crippen LogP contribution is 2.36. The summed E-state index contributed by atoms with van der Waals surface area (Å²) in [5, 5.41) is 6.01. The second kappa shape index (κ2) is 8.33. The van der Waals surface area contributed by atoms with Gasteiger partial charge in [-0.1, -0.05) is 51.1 Å². The Morgan fingerprint density at radius 1 is 1.11 bits per heavy atom. The van der Waals surface area contributed by atoms with Crippen molar-refractivity contribution < 1.29 is 14.3 Å². The van der Waals surface area contributed by atoms with Crippen LogP contribution in [0.15, 0.2) is 48.5 Å². The van der Waals surface area contributed by atoms with Gasteiger partial charge < -0.3 is 20.3 Å². The number of nitrogens with one attached hydrogen (secondary N) is 2. The van der Waals surface area contributed by atoms with Gasteiger partial charge in [0.1, 0.15) is 12.4 Å². The molecule has 0 atom stereocenters. The van der Waals surface area contributed by atoms with Crippen LogP contribution in [0.3, 0.4) is 0 Å². The zero-order chi connectivity index (χ0) is 20.1. The second-order valence-electron chi connectivity index (χ2n) is 7.85. The van der Waals surface area contributed by atoms with Crippen LogP contribution in [-0.4, -0.2) is 31.5 Å². The van der Waals surface area contributed by atoms with Crippen molar-refractivity contribution in [1.82, 2.24) is 5.32 Å². The lowest BCUT2D eigenvalue weighted by molar-refractivity contribution is -0.126. The van der Waals surface area contributed by atoms with Gasteiger partial charge in [-0.3, -0.25) is 9.59 Å². The van der Waals surface area contributed by atoms with Crippen LogP contribution in [0, 0.1) is 5.41 Å². The lowest BCUT2D eigenvalue weighted by atomic mass is 9.94. The van der Waals surface area contributed by atoms with Crippen molar-refractivity contribution >= 4 is 23.2 Å². The van der Waals surface area contributed by atoms with Crippen molar-refractivity contribution in [1.29, 1.82) is 0 Å². The van der Waals surface area contributed by atoms with E-state index in [1.165, 1.54) is 0 Å². The molecular weight excluding hydrogens is 354 g/mol. The summed E-state index contributed by atoms with van der Waals surface area (Å²) in [5.41, 5.74) is 2.08. The summed E-state index contributed by atoms with van der Waals surface area (Å²) in [7, 11) is 0. The summed E-state index contributed by atoms with van der Waals surface area (Å²) >= 11 is 0. The molecule has 6 heteroatoms. The van der Waals surface area contributed by atoms with Gasteiger partial charge in [-0.15, -0.1) is 0 Å². The Morgan fingerprint density at radius 3 is 2.57 bits per heavy atom. The van der Waals surface area contributed by atoms with Crippen LogP contribution in [0.25, 0.3) is 0 Å². The molecule has 28 heavy (non-hydrogen) atoms. The molecule has 3 rings (SSSR count). The van der Waals surface area contributed by atoms with Crippen LogP contribution in [0.2, 0.25) is 0 Å². The first-order valence-electron chi connectivity index (χ1n) is 9.48. The van der Waals surface area contributed by atoms with E-state index in [1.54, 1.807) is 4.90 Å². The molecule has 148 valence electrons. The standard InChI is InChI=1S/C22H27N3O3/c1-22(2,3)21(27)25-11-12-28-19-10-9-17(13-18(19)25)23-15-20(26)24-14-16-7-5-4-6-8-16/h4-10,13,23H,11-12,14-15H2,1-3H3,(H,24,26). The molecule has 0 fully saturated rings. The van der Waals surface area contributed by atoms with Gasteiger partial charge in [0, 0.05) is 17.6 Å². The zero-order valence-electron chi connectivity index (χ0n) is 16.6. The van der Waals surface area contributed by atoms with E-state index in [2.05, 4.69) is 10.6 Å². The third-order valence-corrected chi connectivity index (χ3v) is 4.49. The van der Waals surface area contributed by atoms with Crippen LogP contribution in [-0.2, 0) is 16.1 Å². The Hall–Kier alpha value is -3.02. The lowest BCUT2D eigenvalue weighted by Gasteiger charge is -2.34. The highest BCUT2D eigenvalue weighted by atomic mass is 16.5. The van der Waals surface area contributed by atoms with Crippen molar-refractivity contribution in [3.63, 3.8) is 0 Å². The first-order chi connectivity index (χ1) is 13.3. The number of anilines is 2. The summed E-state index contributed by atoms with van der Waals surface area (Å²) in [5.74, 6) is 0.637. The van der Waals surface area contributed by atoms with Gasteiger partial charge in [-0.2, -0.15) is 0 Å². The molecule has 2 N–H and O–H groups in total. The normalized spacial score (nSPS) is 13.3. The van der Waals surface area contributed by atoms with Crippen LogP contribution in [0.4, 0.5) is 11.4 Å². The Kier molecular flexibility index (Phi) is 5.87. The van der Waals surface area contributed by atoms with Gasteiger partial charge in [0.25, 0.3) is 0 Å². The fourth-order valence-corrected chi connectivity index (χ4v) is 2.98. The minimum absolute atomic E-state index is 0.0507. The van der Waals surface area contributed by atoms with Gasteiger partial charge in [-0.25, -0.2) is 0 Å². The summed E-state index contributed by atoms with van der Waals surface area (Å²) in [6, 6.07) is 15.3. The van der Waals surface area contributed by atoms with Crippen LogP contribution in [0.5, 0.6) is 5.75 Å². The molecule has 0 spiro atoms. The van der Waals surface area contributed by atoms with Gasteiger partial charge >= 0.3 is 0 Å². The molecule has 0 saturated heterocycles. The lowest BCUT2D eigenvalue weighted by Crippen LogP contribution is -2.44. The molecule has 0 radical (unpaired) electrons. The second-order valence-corrected chi connectivity index (χ2v) is 7.85. The number of rotatable bonds is 5. The van der Waals surface area contributed by atoms with E-state index in [1.807, 2.05) is 69.3 Å². The quantitative estimate of drug-likeness (QED) is 0.835. The van der Waals surface area contributed by atoms with E-state index in [0.29, 0.717) is 25.4 Å². The number of carbonyl (C=O) groups is 2. The van der Waals surface area contributed by atoms with Crippen molar-refractivity contribution in [3.8, 4) is 5.75 Å². The Morgan fingerprint density at radius 2 is 1.86 bits per heavy atom. The minimum atomic E-state index is -0.477. The maximum Gasteiger partial charge on any atom is 0.239 e. The average molecular weight is 381 g/mol. The summed E-state index contributed by atoms with van der Waals surface area (Å²) < 4.78 is 5.68. The molecule has 1 aliphatic rings. The van der Waals surface area contributed by atoms with Crippen LogP contribution >= 0.6 is 0 Å². The largest absolute Gasteiger partial charge is 0.490 e. The molecule has 2 amide bonds. The first kappa shape index (κ1) is 19.7. The van der Waals surface area contributed by atoms with Gasteiger partial charge in [0.05, 0.1) is 18.8 Å². The molecule has 0 aliphatic carbocycles. The van der Waals surface area contributed by atoms with Gasteiger partial charge in [0.15, 0.2) is 0 Å². The number of hydrogen-bond acceptors (Lipinski definition) is 4. The van der Waals surface area contributed by atoms with E-state index < -0.39 is 5.41 Å². The first-order valence-corrected chi connectivity index (χ1v) is 9.48. The molecule has 0 aromatic heterocycles. The summed E-state index contributed by atoms with van der Waals surface area (Å²) in [6.07, 6.45) is 0. The topological polar surface area (TPSA) is 70.7 Å². The van der Waals surface area contributed by atoms with Crippen LogP contribution < -0.4 is 20.3 Å². The van der Waals surface area contributed by atoms with Crippen molar-refractivity contribution in [2.45, 2.75) is 27.3 Å². The minimum Gasteiger partial charge on any atom is -0.490 e. The third-order valence-electron chi connectivity index (χ3n) is 4.49. The van der Waals surface area contributed by atoms with Gasteiger partial charge in [-0.05, 0) is 23.8 Å². The van der Waals surface area contributed by atoms with Gasteiger partial charge in [0.2, 0.25) is 11.8 Å². The van der Waals surface area contributed by atoms with E-state index in [4.69, 9.17) is 4.74 Å². The fourth-order valence-electron chi connectivity index (χ4n) is 2.98. The highest BCUT2D eigenvalue weighted by molar-refractivity contribution is 5.99. The number of fused-ring (bicyclic) bond motifs is 1. The molecule has 2 aromatic rings. The van der Waals surface area contributed by atoms with E-state index >= 15 is 0 Å². The molecule has 2 aromatic carbocycles. The van der Waals surface area contributed by atoms with Crippen molar-refractivity contribution in [2.24, 2.45) is 5.41 Å². The molecule has 6 nitrogen and oxygen atoms in total. The number of hydrogen-bond donors (Lipinski definition) is 2. The molecule has 0 saturated carbocycles. The number of benzene rings is 2. The summed E-state index contributed by atoms with van der Waals surface area (Å²) in [4.78, 5) is 26.6. The van der Waals surface area contributed by atoms with E-state index in [0.717, 1.165) is 16.9 Å². The van der Waals surface area contributed by atoms with Crippen molar-refractivity contribution in [3.05, 3.63) is 54.1 Å². The maximum atomic E-state index is 12.8. The smallest absolute Gasteiger partial charge is 0.239 e. The average Bonchev–Trinajstić information content (AvgIpc) is 2.69.